The van der Waals surface area contributed by atoms with Crippen LogP contribution in [-0.4, -0.2) is 17.3 Å². The minimum Gasteiger partial charge on any atom is -0.300 e. The third-order valence-corrected chi connectivity index (χ3v) is 8.55. The second-order valence-corrected chi connectivity index (χ2v) is 11.8. The van der Waals surface area contributed by atoms with Crippen LogP contribution in [0.4, 0.5) is 0 Å². The first-order valence-corrected chi connectivity index (χ1v) is 14.9. The van der Waals surface area contributed by atoms with Crippen LogP contribution < -0.4 is 0 Å². The molecule has 0 aromatic heterocycles. The van der Waals surface area contributed by atoms with Crippen molar-refractivity contribution < 1.29 is 14.4 Å². The first kappa shape index (κ1) is 30.0. The number of carbonyl (C=O) groups excluding carboxylic acids is 3. The van der Waals surface area contributed by atoms with Crippen molar-refractivity contribution >= 4 is 22.9 Å². The van der Waals surface area contributed by atoms with Crippen molar-refractivity contribution in [2.75, 3.05) is 0 Å². The Morgan fingerprint density at radius 2 is 1.82 bits per heavy atom. The highest BCUT2D eigenvalue weighted by molar-refractivity contribution is 6.02. The molecule has 0 fully saturated rings. The monoisotopic (exact) mass is 516 g/mol. The fourth-order valence-corrected chi connectivity index (χ4v) is 6.80. The Kier molecular flexibility index (Phi) is 11.1. The largest absolute Gasteiger partial charge is 0.300 e. The summed E-state index contributed by atoms with van der Waals surface area (Å²) >= 11 is 0. The van der Waals surface area contributed by atoms with Crippen molar-refractivity contribution in [3.63, 3.8) is 0 Å². The number of fused-ring (bicyclic) bond motifs is 1. The van der Waals surface area contributed by atoms with Crippen LogP contribution in [0.5, 0.6) is 0 Å². The lowest BCUT2D eigenvalue weighted by Crippen LogP contribution is -2.30. The van der Waals surface area contributed by atoms with Gasteiger partial charge in [0, 0.05) is 17.9 Å². The predicted molar refractivity (Wildman–Crippen MR) is 159 cm³/mol. The fraction of sp³-hybridized carbons (Fsp3) is 0.571. The van der Waals surface area contributed by atoms with E-state index in [9.17, 15) is 14.4 Å². The molecule has 206 valence electrons. The van der Waals surface area contributed by atoms with Gasteiger partial charge in [-0.1, -0.05) is 77.0 Å². The molecule has 1 aromatic carbocycles. The third kappa shape index (κ3) is 7.30. The van der Waals surface area contributed by atoms with Crippen molar-refractivity contribution in [3.05, 3.63) is 64.3 Å². The number of carbonyl (C=O) groups is 3. The molecule has 2 aliphatic rings. The summed E-state index contributed by atoms with van der Waals surface area (Å²) in [6, 6.07) is 2.38. The molecule has 0 bridgehead atoms. The minimum atomic E-state index is -0.0949. The van der Waals surface area contributed by atoms with Gasteiger partial charge in [0.15, 0.2) is 5.78 Å². The summed E-state index contributed by atoms with van der Waals surface area (Å²) in [5.74, 6) is 0.995. The lowest BCUT2D eigenvalue weighted by atomic mass is 9.70. The van der Waals surface area contributed by atoms with Gasteiger partial charge in [-0.25, -0.2) is 0 Å². The number of rotatable bonds is 11. The van der Waals surface area contributed by atoms with Gasteiger partial charge in [-0.3, -0.25) is 14.4 Å². The van der Waals surface area contributed by atoms with E-state index in [1.807, 2.05) is 0 Å². The standard InChI is InChI=1S/C35H48O3/c1-7-15-28(29(8-2)33(37)18-24(5)36)19-26-20-32-30(23(3)4)22-31(25(6)35(32)34(38)21-26)27-16-13-11-9-10-12-14-17-27/h9-12,16,22-23,26,28-29H,7-8,13-15,17-21H2,1-6H3/b11-9-,12-10-,27-16+. The summed E-state index contributed by atoms with van der Waals surface area (Å²) < 4.78 is 0. The van der Waals surface area contributed by atoms with E-state index in [0.717, 1.165) is 62.5 Å². The lowest BCUT2D eigenvalue weighted by Gasteiger charge is -2.34. The topological polar surface area (TPSA) is 51.2 Å². The second kappa shape index (κ2) is 14.0. The quantitative estimate of drug-likeness (QED) is 0.276. The molecule has 0 heterocycles. The molecular weight excluding hydrogens is 468 g/mol. The number of benzene rings is 1. The van der Waals surface area contributed by atoms with Crippen LogP contribution in [0.15, 0.2) is 36.4 Å². The second-order valence-electron chi connectivity index (χ2n) is 11.8. The van der Waals surface area contributed by atoms with Crippen LogP contribution in [0.1, 0.15) is 131 Å². The van der Waals surface area contributed by atoms with Crippen molar-refractivity contribution in [2.24, 2.45) is 17.8 Å². The molecule has 3 rings (SSSR count). The molecule has 3 atom stereocenters. The molecular formula is C35H48O3. The fourth-order valence-electron chi connectivity index (χ4n) is 6.80. The first-order valence-electron chi connectivity index (χ1n) is 14.9. The van der Waals surface area contributed by atoms with Crippen molar-refractivity contribution in [1.82, 2.24) is 0 Å². The molecule has 0 saturated heterocycles. The maximum absolute atomic E-state index is 13.8. The van der Waals surface area contributed by atoms with Gasteiger partial charge < -0.3 is 0 Å². The van der Waals surface area contributed by atoms with Gasteiger partial charge >= 0.3 is 0 Å². The van der Waals surface area contributed by atoms with E-state index in [1.165, 1.54) is 29.2 Å². The molecule has 0 saturated carbocycles. The maximum Gasteiger partial charge on any atom is 0.163 e. The number of hydrogen-bond acceptors (Lipinski definition) is 3. The number of Topliss-reactive ketones (excluding diaryl/α,β-unsaturated/α-hetero) is 3. The van der Waals surface area contributed by atoms with Crippen LogP contribution in [0.25, 0.3) is 5.57 Å². The number of ketones is 3. The zero-order chi connectivity index (χ0) is 27.8. The Morgan fingerprint density at radius 3 is 2.47 bits per heavy atom. The lowest BCUT2D eigenvalue weighted by molar-refractivity contribution is -0.129. The van der Waals surface area contributed by atoms with Crippen LogP contribution in [0, 0.1) is 24.7 Å². The highest BCUT2D eigenvalue weighted by Gasteiger charge is 2.35. The molecule has 2 aliphatic carbocycles. The highest BCUT2D eigenvalue weighted by atomic mass is 16.1. The first-order chi connectivity index (χ1) is 18.2. The van der Waals surface area contributed by atoms with Gasteiger partial charge in [-0.05, 0) is 98.0 Å². The molecule has 1 aromatic rings. The van der Waals surface area contributed by atoms with E-state index in [0.29, 0.717) is 12.3 Å². The van der Waals surface area contributed by atoms with E-state index in [4.69, 9.17) is 0 Å². The molecule has 3 nitrogen and oxygen atoms in total. The van der Waals surface area contributed by atoms with Gasteiger partial charge in [-0.2, -0.15) is 0 Å². The van der Waals surface area contributed by atoms with Crippen molar-refractivity contribution in [1.29, 1.82) is 0 Å². The van der Waals surface area contributed by atoms with Crippen LogP contribution in [-0.2, 0) is 16.0 Å². The summed E-state index contributed by atoms with van der Waals surface area (Å²) in [7, 11) is 0. The molecule has 0 N–H and O–H groups in total. The average Bonchev–Trinajstić information content (AvgIpc) is 2.98. The molecule has 3 heteroatoms. The van der Waals surface area contributed by atoms with E-state index >= 15 is 0 Å². The Labute approximate surface area is 230 Å². The summed E-state index contributed by atoms with van der Waals surface area (Å²) in [5.41, 5.74) is 7.23. The smallest absolute Gasteiger partial charge is 0.163 e. The Morgan fingerprint density at radius 1 is 1.08 bits per heavy atom. The molecule has 0 amide bonds. The maximum atomic E-state index is 13.8. The number of allylic oxidation sites excluding steroid dienone is 6. The molecule has 38 heavy (non-hydrogen) atoms. The van der Waals surface area contributed by atoms with E-state index < -0.39 is 0 Å². The molecule has 0 spiro atoms. The van der Waals surface area contributed by atoms with Crippen LogP contribution >= 0.6 is 0 Å². The Balaban J connectivity index is 1.96. The summed E-state index contributed by atoms with van der Waals surface area (Å²) in [4.78, 5) is 38.4. The van der Waals surface area contributed by atoms with Crippen molar-refractivity contribution in [3.8, 4) is 0 Å². The van der Waals surface area contributed by atoms with Gasteiger partial charge in [-0.15, -0.1) is 0 Å². The van der Waals surface area contributed by atoms with E-state index in [2.05, 4.69) is 71.1 Å². The average molecular weight is 517 g/mol. The Hall–Kier alpha value is -2.55. The Bertz CT molecular complexity index is 1110. The summed E-state index contributed by atoms with van der Waals surface area (Å²) in [6.07, 6.45) is 19.0. The van der Waals surface area contributed by atoms with Gasteiger partial charge in [0.2, 0.25) is 0 Å². The zero-order valence-corrected chi connectivity index (χ0v) is 24.6. The third-order valence-electron chi connectivity index (χ3n) is 8.55. The van der Waals surface area contributed by atoms with Crippen molar-refractivity contribution in [2.45, 2.75) is 112 Å². The highest BCUT2D eigenvalue weighted by Crippen LogP contribution is 2.41. The normalized spacial score (nSPS) is 22.3. The molecule has 0 radical (unpaired) electrons. The molecule has 3 unspecified atom stereocenters. The van der Waals surface area contributed by atoms with Gasteiger partial charge in [0.25, 0.3) is 0 Å². The van der Waals surface area contributed by atoms with Crippen LogP contribution in [0.2, 0.25) is 0 Å². The number of hydrogen-bond donors (Lipinski definition) is 0. The van der Waals surface area contributed by atoms with E-state index in [-0.39, 0.29) is 41.5 Å². The van der Waals surface area contributed by atoms with Gasteiger partial charge in [0.05, 0.1) is 6.42 Å². The summed E-state index contributed by atoms with van der Waals surface area (Å²) in [5, 5.41) is 0. The zero-order valence-electron chi connectivity index (χ0n) is 24.6. The van der Waals surface area contributed by atoms with Crippen LogP contribution in [0.3, 0.4) is 0 Å². The SMILES string of the molecule is CCCC(CC1CC(=O)c2c(C)c(/C3=C/C/C=C\C=C/CC3)cc(C(C)C)c2C1)C(CC)C(=O)CC(C)=O. The predicted octanol–water partition coefficient (Wildman–Crippen LogP) is 8.92. The minimum absolute atomic E-state index is 0.0338. The molecule has 0 aliphatic heterocycles. The summed E-state index contributed by atoms with van der Waals surface area (Å²) in [6.45, 7) is 12.3. The van der Waals surface area contributed by atoms with Gasteiger partial charge in [0.1, 0.15) is 11.6 Å². The van der Waals surface area contributed by atoms with E-state index in [1.54, 1.807) is 0 Å².